The first kappa shape index (κ1) is 29.2. The molecule has 200 valence electrons. The van der Waals surface area contributed by atoms with Crippen LogP contribution in [0.15, 0.2) is 24.3 Å². The third-order valence-electron chi connectivity index (χ3n) is 6.62. The lowest BCUT2D eigenvalue weighted by molar-refractivity contribution is -0.154. The smallest absolute Gasteiger partial charge is 0.251 e. The van der Waals surface area contributed by atoms with Crippen molar-refractivity contribution in [1.82, 2.24) is 20.6 Å². The number of amides is 4. The van der Waals surface area contributed by atoms with Gasteiger partial charge in [-0.25, -0.2) is 9.87 Å². The summed E-state index contributed by atoms with van der Waals surface area (Å²) in [7, 11) is 0. The summed E-state index contributed by atoms with van der Waals surface area (Å²) in [5, 5.41) is 11.7. The lowest BCUT2D eigenvalue weighted by atomic mass is 9.83. The molecule has 1 aromatic carbocycles. The highest BCUT2D eigenvalue weighted by atomic mass is 19.1. The second kappa shape index (κ2) is 12.8. The SMILES string of the molecule is CC[C@H](C)N(C(=O)CCC(=O)NO)[C@@H](C(=O)N1CCC(NC(=O)c2ccc(F)cc2)CC1)C(C)(C)C. The van der Waals surface area contributed by atoms with E-state index in [0.717, 1.165) is 0 Å². The number of rotatable bonds is 9. The second-order valence-corrected chi connectivity index (χ2v) is 10.4. The van der Waals surface area contributed by atoms with Crippen LogP contribution in [-0.2, 0) is 14.4 Å². The number of carbonyl (C=O) groups is 4. The minimum atomic E-state index is -0.734. The summed E-state index contributed by atoms with van der Waals surface area (Å²) in [5.74, 6) is -1.83. The van der Waals surface area contributed by atoms with Gasteiger partial charge in [0.15, 0.2) is 0 Å². The first-order valence-electron chi connectivity index (χ1n) is 12.5. The van der Waals surface area contributed by atoms with E-state index in [9.17, 15) is 23.6 Å². The quantitative estimate of drug-likeness (QED) is 0.352. The van der Waals surface area contributed by atoms with E-state index in [0.29, 0.717) is 37.9 Å². The maximum atomic E-state index is 13.8. The molecule has 1 heterocycles. The molecule has 0 spiro atoms. The van der Waals surface area contributed by atoms with E-state index in [1.807, 2.05) is 34.6 Å². The molecule has 1 fully saturated rings. The number of hydrogen-bond donors (Lipinski definition) is 3. The van der Waals surface area contributed by atoms with Crippen LogP contribution in [0.4, 0.5) is 4.39 Å². The molecule has 2 atom stereocenters. The second-order valence-electron chi connectivity index (χ2n) is 10.4. The van der Waals surface area contributed by atoms with Crippen molar-refractivity contribution in [2.45, 2.75) is 84.8 Å². The van der Waals surface area contributed by atoms with Gasteiger partial charge in [-0.05, 0) is 55.9 Å². The molecule has 0 aliphatic carbocycles. The first-order valence-corrected chi connectivity index (χ1v) is 12.5. The molecule has 1 aromatic rings. The zero-order valence-corrected chi connectivity index (χ0v) is 21.8. The van der Waals surface area contributed by atoms with E-state index in [2.05, 4.69) is 5.32 Å². The lowest BCUT2D eigenvalue weighted by Gasteiger charge is -2.45. The number of nitrogens with zero attached hydrogens (tertiary/aromatic N) is 2. The molecule has 0 bridgehead atoms. The Morgan fingerprint density at radius 2 is 1.69 bits per heavy atom. The van der Waals surface area contributed by atoms with Crippen molar-refractivity contribution in [2.24, 2.45) is 5.41 Å². The number of nitrogens with one attached hydrogen (secondary N) is 2. The molecular weight excluding hydrogens is 467 g/mol. The van der Waals surface area contributed by atoms with E-state index in [-0.39, 0.29) is 42.6 Å². The fourth-order valence-corrected chi connectivity index (χ4v) is 4.44. The number of hydroxylamine groups is 1. The number of hydrogen-bond acceptors (Lipinski definition) is 5. The average molecular weight is 507 g/mol. The fourth-order valence-electron chi connectivity index (χ4n) is 4.44. The monoisotopic (exact) mass is 506 g/mol. The third-order valence-corrected chi connectivity index (χ3v) is 6.62. The summed E-state index contributed by atoms with van der Waals surface area (Å²) in [4.78, 5) is 54.3. The van der Waals surface area contributed by atoms with E-state index in [1.54, 1.807) is 9.80 Å². The molecule has 4 amide bonds. The Kier molecular flexibility index (Phi) is 10.4. The van der Waals surface area contributed by atoms with Crippen molar-refractivity contribution in [1.29, 1.82) is 0 Å². The number of likely N-dealkylation sites (tertiary alicyclic amines) is 1. The lowest BCUT2D eigenvalue weighted by Crippen LogP contribution is -2.60. The molecule has 1 aliphatic rings. The summed E-state index contributed by atoms with van der Waals surface area (Å²) in [6.45, 7) is 10.4. The van der Waals surface area contributed by atoms with Crippen molar-refractivity contribution in [3.63, 3.8) is 0 Å². The molecule has 3 N–H and O–H groups in total. The normalized spacial score (nSPS) is 16.1. The van der Waals surface area contributed by atoms with Crippen molar-refractivity contribution in [2.75, 3.05) is 13.1 Å². The van der Waals surface area contributed by atoms with Crippen LogP contribution in [-0.4, -0.2) is 69.9 Å². The maximum Gasteiger partial charge on any atom is 0.251 e. The summed E-state index contributed by atoms with van der Waals surface area (Å²) in [6.07, 6.45) is 1.46. The maximum absolute atomic E-state index is 13.8. The van der Waals surface area contributed by atoms with Crippen molar-refractivity contribution in [3.8, 4) is 0 Å². The molecule has 1 saturated heterocycles. The van der Waals surface area contributed by atoms with E-state index >= 15 is 0 Å². The van der Waals surface area contributed by atoms with Crippen LogP contribution in [0, 0.1) is 11.2 Å². The van der Waals surface area contributed by atoms with Crippen LogP contribution in [0.1, 0.15) is 77.1 Å². The van der Waals surface area contributed by atoms with Crippen LogP contribution in [0.5, 0.6) is 0 Å². The number of carbonyl (C=O) groups excluding carboxylic acids is 4. The minimum absolute atomic E-state index is 0.117. The van der Waals surface area contributed by atoms with E-state index in [1.165, 1.54) is 29.7 Å². The van der Waals surface area contributed by atoms with Gasteiger partial charge >= 0.3 is 0 Å². The van der Waals surface area contributed by atoms with E-state index < -0.39 is 23.2 Å². The summed E-state index contributed by atoms with van der Waals surface area (Å²) in [6, 6.07) is 4.26. The van der Waals surface area contributed by atoms with Gasteiger partial charge in [0.05, 0.1) is 0 Å². The van der Waals surface area contributed by atoms with Gasteiger partial charge in [-0.1, -0.05) is 27.7 Å². The van der Waals surface area contributed by atoms with Crippen molar-refractivity contribution >= 4 is 23.6 Å². The Bertz CT molecular complexity index is 923. The van der Waals surface area contributed by atoms with Gasteiger partial charge in [-0.15, -0.1) is 0 Å². The topological polar surface area (TPSA) is 119 Å². The number of piperidine rings is 1. The van der Waals surface area contributed by atoms with Gasteiger partial charge in [0.1, 0.15) is 11.9 Å². The molecule has 10 heteroatoms. The van der Waals surface area contributed by atoms with Crippen LogP contribution < -0.4 is 10.8 Å². The predicted octanol–water partition coefficient (Wildman–Crippen LogP) is 2.87. The zero-order valence-electron chi connectivity index (χ0n) is 21.8. The highest BCUT2D eigenvalue weighted by molar-refractivity contribution is 5.94. The standard InChI is InChI=1S/C26H39FN4O5/c1-6-17(2)31(22(33)12-11-21(32)29-36)23(26(3,4)5)25(35)30-15-13-20(14-16-30)28-24(34)18-7-9-19(27)10-8-18/h7-10,17,20,23,36H,6,11-16H2,1-5H3,(H,28,34)(H,29,32)/t17-,23-/m0/s1. The Morgan fingerprint density at radius 1 is 1.11 bits per heavy atom. The van der Waals surface area contributed by atoms with Crippen LogP contribution in [0.25, 0.3) is 0 Å². The van der Waals surface area contributed by atoms with Gasteiger partial charge in [0.25, 0.3) is 5.91 Å². The third kappa shape index (κ3) is 7.74. The Labute approximate surface area is 212 Å². The molecule has 0 saturated carbocycles. The van der Waals surface area contributed by atoms with Crippen LogP contribution in [0.3, 0.4) is 0 Å². The van der Waals surface area contributed by atoms with Gasteiger partial charge in [0.2, 0.25) is 17.7 Å². The highest BCUT2D eigenvalue weighted by Crippen LogP contribution is 2.30. The molecule has 1 aliphatic heterocycles. The highest BCUT2D eigenvalue weighted by Gasteiger charge is 2.43. The van der Waals surface area contributed by atoms with Gasteiger partial charge < -0.3 is 15.1 Å². The Morgan fingerprint density at radius 3 is 2.19 bits per heavy atom. The molecule has 36 heavy (non-hydrogen) atoms. The largest absolute Gasteiger partial charge is 0.349 e. The van der Waals surface area contributed by atoms with Crippen LogP contribution in [0.2, 0.25) is 0 Å². The van der Waals surface area contributed by atoms with Crippen molar-refractivity contribution in [3.05, 3.63) is 35.6 Å². The Hall–Kier alpha value is -3.01. The van der Waals surface area contributed by atoms with Gasteiger partial charge in [-0.3, -0.25) is 24.4 Å². The molecule has 9 nitrogen and oxygen atoms in total. The van der Waals surface area contributed by atoms with Crippen LogP contribution >= 0.6 is 0 Å². The summed E-state index contributed by atoms with van der Waals surface area (Å²) < 4.78 is 13.1. The minimum Gasteiger partial charge on any atom is -0.349 e. The molecule has 0 unspecified atom stereocenters. The summed E-state index contributed by atoms with van der Waals surface area (Å²) in [5.41, 5.74) is 1.34. The molecular formula is C26H39FN4O5. The molecule has 0 aromatic heterocycles. The fraction of sp³-hybridized carbons (Fsp3) is 0.615. The van der Waals surface area contributed by atoms with Gasteiger partial charge in [0, 0.05) is 43.6 Å². The van der Waals surface area contributed by atoms with E-state index in [4.69, 9.17) is 5.21 Å². The van der Waals surface area contributed by atoms with Gasteiger partial charge in [-0.2, -0.15) is 0 Å². The molecule has 0 radical (unpaired) electrons. The first-order chi connectivity index (χ1) is 16.9. The molecule has 2 rings (SSSR count). The average Bonchev–Trinajstić information content (AvgIpc) is 2.84. The summed E-state index contributed by atoms with van der Waals surface area (Å²) >= 11 is 0. The zero-order chi connectivity index (χ0) is 27.0. The Balaban J connectivity index is 2.11. The number of benzene rings is 1. The number of halogens is 1. The predicted molar refractivity (Wildman–Crippen MR) is 132 cm³/mol. The van der Waals surface area contributed by atoms with Crippen molar-refractivity contribution < 1.29 is 28.8 Å².